The van der Waals surface area contributed by atoms with Crippen molar-refractivity contribution in [2.75, 3.05) is 13.3 Å². The molecule has 0 fully saturated rings. The normalized spacial score (nSPS) is 12.0. The van der Waals surface area contributed by atoms with Gasteiger partial charge in [-0.3, -0.25) is 0 Å². The van der Waals surface area contributed by atoms with Crippen molar-refractivity contribution in [1.29, 1.82) is 0 Å². The maximum absolute atomic E-state index is 11.1. The zero-order valence-corrected chi connectivity index (χ0v) is 5.04. The predicted molar refractivity (Wildman–Crippen MR) is 24.3 cm³/mol. The summed E-state index contributed by atoms with van der Waals surface area (Å²) in [5.41, 5.74) is 0. The number of rotatable bonds is 3. The molecule has 3 N–H and O–H groups in total. The number of hydrogen-bond acceptors (Lipinski definition) is 4. The van der Waals surface area contributed by atoms with Crippen LogP contribution in [0.4, 0.5) is 4.39 Å². The van der Waals surface area contributed by atoms with Gasteiger partial charge in [-0.2, -0.15) is 0 Å². The molecular formula is C2H7FO4Si. The molecule has 0 aliphatic rings. The second-order valence-electron chi connectivity index (χ2n) is 1.11. The van der Waals surface area contributed by atoms with Gasteiger partial charge in [0.25, 0.3) is 0 Å². The van der Waals surface area contributed by atoms with Gasteiger partial charge in [-0.15, -0.1) is 0 Å². The van der Waals surface area contributed by atoms with E-state index < -0.39 is 22.3 Å². The van der Waals surface area contributed by atoms with Gasteiger partial charge in [-0.1, -0.05) is 0 Å². The highest BCUT2D eigenvalue weighted by molar-refractivity contribution is 6.48. The molecule has 0 atom stereocenters. The largest absolute Gasteiger partial charge is 0.671 e. The Morgan fingerprint density at radius 2 is 1.88 bits per heavy atom. The Labute approximate surface area is 46.6 Å². The molecule has 0 aromatic rings. The summed E-state index contributed by atoms with van der Waals surface area (Å²) in [4.78, 5) is 24.0. The van der Waals surface area contributed by atoms with Crippen LogP contribution in [0.5, 0.6) is 0 Å². The summed E-state index contributed by atoms with van der Waals surface area (Å²) in [6, 6.07) is 0. The van der Waals surface area contributed by atoms with E-state index >= 15 is 0 Å². The van der Waals surface area contributed by atoms with Gasteiger partial charge in [0.05, 0.1) is 6.61 Å². The van der Waals surface area contributed by atoms with Gasteiger partial charge < -0.3 is 18.8 Å². The quantitative estimate of drug-likeness (QED) is 0.414. The molecule has 0 rings (SSSR count). The molecule has 0 aromatic heterocycles. The van der Waals surface area contributed by atoms with E-state index in [9.17, 15) is 4.39 Å². The predicted octanol–water partition coefficient (Wildman–Crippen LogP) is -1.62. The summed E-state index contributed by atoms with van der Waals surface area (Å²) in [5.74, 6) is 0. The van der Waals surface area contributed by atoms with Gasteiger partial charge in [-0.25, -0.2) is 4.39 Å². The number of alkyl halides is 1. The first-order valence-corrected chi connectivity index (χ1v) is 3.68. The molecule has 0 aromatic carbocycles. The standard InChI is InChI=1S/C2H7FO4Si/c3-1-2-7-8(4,5)6/h4-6H,1-2H2. The van der Waals surface area contributed by atoms with Gasteiger partial charge in [-0.05, 0) is 0 Å². The minimum absolute atomic E-state index is 0.476. The summed E-state index contributed by atoms with van der Waals surface area (Å²) in [6.45, 7) is -1.31. The van der Waals surface area contributed by atoms with Gasteiger partial charge in [0.1, 0.15) is 6.67 Å². The molecule has 0 saturated carbocycles. The summed E-state index contributed by atoms with van der Waals surface area (Å²) in [5, 5.41) is 0. The van der Waals surface area contributed by atoms with E-state index in [1.807, 2.05) is 0 Å². The van der Waals surface area contributed by atoms with Crippen LogP contribution < -0.4 is 0 Å². The molecule has 4 nitrogen and oxygen atoms in total. The Hall–Kier alpha value is -0.0131. The first-order valence-electron chi connectivity index (χ1n) is 1.93. The third kappa shape index (κ3) is 5.99. The Morgan fingerprint density at radius 3 is 2.00 bits per heavy atom. The molecule has 0 unspecified atom stereocenters. The lowest BCUT2D eigenvalue weighted by Gasteiger charge is -2.06. The second-order valence-corrected chi connectivity index (χ2v) is 2.55. The van der Waals surface area contributed by atoms with E-state index in [1.54, 1.807) is 0 Å². The maximum Gasteiger partial charge on any atom is 0.671 e. The molecular weight excluding hydrogens is 135 g/mol. The van der Waals surface area contributed by atoms with E-state index in [-0.39, 0.29) is 0 Å². The molecule has 8 heavy (non-hydrogen) atoms. The highest BCUT2D eigenvalue weighted by Crippen LogP contribution is 1.87. The van der Waals surface area contributed by atoms with Crippen LogP contribution in [-0.2, 0) is 4.43 Å². The fourth-order valence-corrected chi connectivity index (χ4v) is 0.527. The fourth-order valence-electron chi connectivity index (χ4n) is 0.176. The minimum Gasteiger partial charge on any atom is -0.368 e. The summed E-state index contributed by atoms with van der Waals surface area (Å²) < 4.78 is 14.9. The van der Waals surface area contributed by atoms with Crippen LogP contribution in [-0.4, -0.2) is 36.7 Å². The SMILES string of the molecule is O[Si](O)(O)OCCF. The average molecular weight is 142 g/mol. The second kappa shape index (κ2) is 3.10. The first-order chi connectivity index (χ1) is 3.56. The Kier molecular flexibility index (Phi) is 3.10. The highest BCUT2D eigenvalue weighted by atomic mass is 28.4. The Bertz CT molecular complexity index is 61.5. The minimum atomic E-state index is -4.42. The fraction of sp³-hybridized carbons (Fsp3) is 1.00. The van der Waals surface area contributed by atoms with Gasteiger partial charge >= 0.3 is 9.05 Å². The molecule has 0 radical (unpaired) electrons. The first kappa shape index (κ1) is 7.99. The third-order valence-electron chi connectivity index (χ3n) is 0.373. The van der Waals surface area contributed by atoms with Crippen LogP contribution in [0, 0.1) is 0 Å². The van der Waals surface area contributed by atoms with Gasteiger partial charge in [0.15, 0.2) is 0 Å². The molecule has 0 bridgehead atoms. The van der Waals surface area contributed by atoms with Crippen molar-refractivity contribution in [3.05, 3.63) is 0 Å². The van der Waals surface area contributed by atoms with E-state index in [0.29, 0.717) is 0 Å². The van der Waals surface area contributed by atoms with Gasteiger partial charge in [0, 0.05) is 0 Å². The molecule has 0 aliphatic heterocycles. The van der Waals surface area contributed by atoms with Crippen LogP contribution in [0.15, 0.2) is 0 Å². The lowest BCUT2D eigenvalue weighted by molar-refractivity contribution is 0.0579. The highest BCUT2D eigenvalue weighted by Gasteiger charge is 2.29. The molecule has 6 heteroatoms. The Balaban J connectivity index is 3.11. The van der Waals surface area contributed by atoms with E-state index in [0.717, 1.165) is 0 Å². The molecule has 0 saturated heterocycles. The summed E-state index contributed by atoms with van der Waals surface area (Å²) >= 11 is 0. The van der Waals surface area contributed by atoms with Crippen molar-refractivity contribution in [3.63, 3.8) is 0 Å². The van der Waals surface area contributed by atoms with Crippen molar-refractivity contribution in [2.24, 2.45) is 0 Å². The number of hydrogen-bond donors (Lipinski definition) is 3. The summed E-state index contributed by atoms with van der Waals surface area (Å²) in [7, 11) is -4.42. The van der Waals surface area contributed by atoms with E-state index in [1.165, 1.54) is 0 Å². The van der Waals surface area contributed by atoms with Crippen LogP contribution in [0.3, 0.4) is 0 Å². The van der Waals surface area contributed by atoms with Crippen LogP contribution in [0.2, 0.25) is 0 Å². The smallest absolute Gasteiger partial charge is 0.368 e. The summed E-state index contributed by atoms with van der Waals surface area (Å²) in [6.07, 6.45) is 0. The zero-order chi connectivity index (χ0) is 6.62. The average Bonchev–Trinajstić information content (AvgIpc) is 1.59. The molecule has 0 amide bonds. The van der Waals surface area contributed by atoms with Crippen molar-refractivity contribution in [1.82, 2.24) is 0 Å². The lowest BCUT2D eigenvalue weighted by atomic mass is 10.9. The van der Waals surface area contributed by atoms with Crippen LogP contribution in [0.1, 0.15) is 0 Å². The van der Waals surface area contributed by atoms with E-state index in [4.69, 9.17) is 14.4 Å². The molecule has 0 heterocycles. The zero-order valence-electron chi connectivity index (χ0n) is 4.04. The molecule has 0 aliphatic carbocycles. The maximum atomic E-state index is 11.1. The molecule has 50 valence electrons. The van der Waals surface area contributed by atoms with Crippen molar-refractivity contribution < 1.29 is 23.2 Å². The van der Waals surface area contributed by atoms with Crippen LogP contribution in [0.25, 0.3) is 0 Å². The van der Waals surface area contributed by atoms with Gasteiger partial charge in [0.2, 0.25) is 0 Å². The van der Waals surface area contributed by atoms with Crippen LogP contribution >= 0.6 is 0 Å². The Morgan fingerprint density at radius 1 is 1.38 bits per heavy atom. The lowest BCUT2D eigenvalue weighted by Crippen LogP contribution is -2.39. The van der Waals surface area contributed by atoms with Crippen molar-refractivity contribution in [2.45, 2.75) is 0 Å². The third-order valence-corrected chi connectivity index (χ3v) is 0.964. The van der Waals surface area contributed by atoms with Crippen molar-refractivity contribution >= 4 is 9.05 Å². The molecule has 0 spiro atoms. The van der Waals surface area contributed by atoms with E-state index in [2.05, 4.69) is 4.43 Å². The topological polar surface area (TPSA) is 69.9 Å². The van der Waals surface area contributed by atoms with Crippen molar-refractivity contribution in [3.8, 4) is 0 Å². The number of halogens is 1. The monoisotopic (exact) mass is 142 g/mol.